The van der Waals surface area contributed by atoms with Crippen LogP contribution in [0.2, 0.25) is 0 Å². The van der Waals surface area contributed by atoms with Crippen LogP contribution in [0, 0.1) is 0 Å². The van der Waals surface area contributed by atoms with Crippen LogP contribution in [0.4, 0.5) is 4.79 Å². The fraction of sp³-hybridized carbons (Fsp3) is 0.375. The molecule has 4 nitrogen and oxygen atoms in total. The van der Waals surface area contributed by atoms with E-state index >= 15 is 0 Å². The third-order valence-corrected chi connectivity index (χ3v) is 2.40. The summed E-state index contributed by atoms with van der Waals surface area (Å²) in [5, 5.41) is 2.51. The van der Waals surface area contributed by atoms with Gasteiger partial charge in [-0.2, -0.15) is 0 Å². The second-order valence-electron chi connectivity index (χ2n) is 5.51. The average molecular weight is 275 g/mol. The first-order valence-electron chi connectivity index (χ1n) is 6.54. The largest absolute Gasteiger partial charge is 0.444 e. The van der Waals surface area contributed by atoms with Gasteiger partial charge in [0.15, 0.2) is 5.78 Å². The summed E-state index contributed by atoms with van der Waals surface area (Å²) < 4.78 is 5.09. The van der Waals surface area contributed by atoms with E-state index in [1.807, 2.05) is 30.3 Å². The SMILES string of the molecule is C[C@H](NC(=O)OC(C)(C)C)C(=O)/C=C/c1ccccc1. The molecule has 108 valence electrons. The molecule has 1 atom stereocenters. The zero-order valence-electron chi connectivity index (χ0n) is 12.3. The Bertz CT molecular complexity index is 486. The molecule has 20 heavy (non-hydrogen) atoms. The van der Waals surface area contributed by atoms with Crippen LogP contribution < -0.4 is 5.32 Å². The predicted octanol–water partition coefficient (Wildman–Crippen LogP) is 3.18. The van der Waals surface area contributed by atoms with Crippen molar-refractivity contribution in [3.8, 4) is 0 Å². The molecule has 0 aromatic heterocycles. The molecule has 1 amide bonds. The van der Waals surface area contributed by atoms with Gasteiger partial charge in [-0.25, -0.2) is 4.79 Å². The highest BCUT2D eigenvalue weighted by Gasteiger charge is 2.19. The minimum atomic E-state index is -0.621. The summed E-state index contributed by atoms with van der Waals surface area (Å²) in [5.41, 5.74) is 0.359. The first-order chi connectivity index (χ1) is 9.28. The summed E-state index contributed by atoms with van der Waals surface area (Å²) in [6.07, 6.45) is 2.58. The molecule has 0 saturated heterocycles. The molecule has 0 aliphatic heterocycles. The van der Waals surface area contributed by atoms with E-state index in [4.69, 9.17) is 4.74 Å². The van der Waals surface area contributed by atoms with E-state index in [0.29, 0.717) is 0 Å². The van der Waals surface area contributed by atoms with Crippen molar-refractivity contribution in [1.29, 1.82) is 0 Å². The summed E-state index contributed by atoms with van der Waals surface area (Å²) >= 11 is 0. The molecule has 0 radical (unpaired) electrons. The van der Waals surface area contributed by atoms with Crippen molar-refractivity contribution >= 4 is 18.0 Å². The third-order valence-electron chi connectivity index (χ3n) is 2.40. The second kappa shape index (κ2) is 6.89. The van der Waals surface area contributed by atoms with Crippen LogP contribution in [0.15, 0.2) is 36.4 Å². The number of alkyl carbamates (subject to hydrolysis) is 1. The molecular formula is C16H21NO3. The minimum Gasteiger partial charge on any atom is -0.444 e. The number of benzene rings is 1. The summed E-state index contributed by atoms with van der Waals surface area (Å²) in [5.74, 6) is -0.181. The van der Waals surface area contributed by atoms with Gasteiger partial charge in [0.05, 0.1) is 6.04 Å². The number of rotatable bonds is 4. The Morgan fingerprint density at radius 2 is 1.80 bits per heavy atom. The molecule has 0 spiro atoms. The Balaban J connectivity index is 2.51. The number of hydrogen-bond acceptors (Lipinski definition) is 3. The molecule has 0 aliphatic carbocycles. The first-order valence-corrected chi connectivity index (χ1v) is 6.54. The van der Waals surface area contributed by atoms with Crippen LogP contribution in [0.3, 0.4) is 0 Å². The number of nitrogens with one attached hydrogen (secondary N) is 1. The van der Waals surface area contributed by atoms with E-state index in [-0.39, 0.29) is 5.78 Å². The van der Waals surface area contributed by atoms with Crippen molar-refractivity contribution in [2.24, 2.45) is 0 Å². The van der Waals surface area contributed by atoms with E-state index < -0.39 is 17.7 Å². The number of ether oxygens (including phenoxy) is 1. The molecule has 1 rings (SSSR count). The van der Waals surface area contributed by atoms with Gasteiger partial charge >= 0.3 is 6.09 Å². The number of carbonyl (C=O) groups is 2. The maximum atomic E-state index is 11.9. The number of carbonyl (C=O) groups excluding carboxylic acids is 2. The fourth-order valence-corrected chi connectivity index (χ4v) is 1.44. The van der Waals surface area contributed by atoms with Crippen molar-refractivity contribution in [2.75, 3.05) is 0 Å². The number of hydrogen-bond donors (Lipinski definition) is 1. The highest BCUT2D eigenvalue weighted by atomic mass is 16.6. The topological polar surface area (TPSA) is 55.4 Å². The van der Waals surface area contributed by atoms with Crippen LogP contribution in [0.1, 0.15) is 33.3 Å². The lowest BCUT2D eigenvalue weighted by molar-refractivity contribution is -0.116. The second-order valence-corrected chi connectivity index (χ2v) is 5.51. The Morgan fingerprint density at radius 3 is 2.35 bits per heavy atom. The van der Waals surface area contributed by atoms with Crippen LogP contribution in [0.5, 0.6) is 0 Å². The first kappa shape index (κ1) is 16.0. The van der Waals surface area contributed by atoms with Crippen molar-refractivity contribution in [3.05, 3.63) is 42.0 Å². The molecule has 1 aromatic rings. The Morgan fingerprint density at radius 1 is 1.20 bits per heavy atom. The summed E-state index contributed by atoms with van der Waals surface area (Å²) in [6.45, 7) is 6.94. The molecule has 0 saturated carbocycles. The van der Waals surface area contributed by atoms with E-state index in [1.165, 1.54) is 6.08 Å². The minimum absolute atomic E-state index is 0.181. The smallest absolute Gasteiger partial charge is 0.408 e. The molecule has 0 aliphatic rings. The summed E-state index contributed by atoms with van der Waals surface area (Å²) in [4.78, 5) is 23.4. The van der Waals surface area contributed by atoms with E-state index in [9.17, 15) is 9.59 Å². The monoisotopic (exact) mass is 275 g/mol. The van der Waals surface area contributed by atoms with Crippen LogP contribution in [0.25, 0.3) is 6.08 Å². The predicted molar refractivity (Wildman–Crippen MR) is 79.3 cm³/mol. The van der Waals surface area contributed by atoms with Gasteiger partial charge in [0.25, 0.3) is 0 Å². The summed E-state index contributed by atoms with van der Waals surface area (Å²) in [7, 11) is 0. The molecule has 1 aromatic carbocycles. The van der Waals surface area contributed by atoms with Gasteiger partial charge in [0.1, 0.15) is 5.60 Å². The molecule has 0 bridgehead atoms. The Hall–Kier alpha value is -2.10. The molecular weight excluding hydrogens is 254 g/mol. The molecule has 1 N–H and O–H groups in total. The standard InChI is InChI=1S/C16H21NO3/c1-12(17-15(19)20-16(2,3)4)14(18)11-10-13-8-6-5-7-9-13/h5-12H,1-4H3,(H,17,19)/b11-10+/t12-/m0/s1. The van der Waals surface area contributed by atoms with Crippen molar-refractivity contribution in [2.45, 2.75) is 39.3 Å². The quantitative estimate of drug-likeness (QED) is 0.859. The molecule has 0 fully saturated rings. The van der Waals surface area contributed by atoms with Crippen molar-refractivity contribution in [1.82, 2.24) is 5.32 Å². The molecule has 0 unspecified atom stereocenters. The van der Waals surface area contributed by atoms with Gasteiger partial charge in [-0.1, -0.05) is 36.4 Å². The fourth-order valence-electron chi connectivity index (χ4n) is 1.44. The normalized spacial score (nSPS) is 13.0. The lowest BCUT2D eigenvalue weighted by atomic mass is 10.1. The Kier molecular flexibility index (Phi) is 5.50. The van der Waals surface area contributed by atoms with Gasteiger partial charge in [-0.15, -0.1) is 0 Å². The van der Waals surface area contributed by atoms with E-state index in [0.717, 1.165) is 5.56 Å². The molecule has 4 heteroatoms. The van der Waals surface area contributed by atoms with Gasteiger partial charge in [-0.3, -0.25) is 4.79 Å². The van der Waals surface area contributed by atoms with Gasteiger partial charge in [0.2, 0.25) is 0 Å². The Labute approximate surface area is 119 Å². The van der Waals surface area contributed by atoms with Crippen LogP contribution in [-0.2, 0) is 9.53 Å². The van der Waals surface area contributed by atoms with E-state index in [1.54, 1.807) is 33.8 Å². The highest BCUT2D eigenvalue weighted by Crippen LogP contribution is 2.07. The van der Waals surface area contributed by atoms with Crippen LogP contribution in [-0.4, -0.2) is 23.5 Å². The maximum Gasteiger partial charge on any atom is 0.408 e. The third kappa shape index (κ3) is 6.18. The zero-order chi connectivity index (χ0) is 15.2. The number of amides is 1. The van der Waals surface area contributed by atoms with Crippen molar-refractivity contribution < 1.29 is 14.3 Å². The van der Waals surface area contributed by atoms with Gasteiger partial charge in [-0.05, 0) is 39.3 Å². The zero-order valence-corrected chi connectivity index (χ0v) is 12.3. The maximum absolute atomic E-state index is 11.9. The van der Waals surface area contributed by atoms with Crippen molar-refractivity contribution in [3.63, 3.8) is 0 Å². The van der Waals surface area contributed by atoms with Gasteiger partial charge < -0.3 is 10.1 Å². The van der Waals surface area contributed by atoms with Gasteiger partial charge in [0, 0.05) is 0 Å². The lowest BCUT2D eigenvalue weighted by Gasteiger charge is -2.21. The van der Waals surface area contributed by atoms with E-state index in [2.05, 4.69) is 5.32 Å². The van der Waals surface area contributed by atoms with Crippen LogP contribution >= 0.6 is 0 Å². The highest BCUT2D eigenvalue weighted by molar-refractivity contribution is 5.98. The lowest BCUT2D eigenvalue weighted by Crippen LogP contribution is -2.41. The molecule has 0 heterocycles. The number of ketones is 1. The summed E-state index contributed by atoms with van der Waals surface area (Å²) in [6, 6.07) is 8.88. The average Bonchev–Trinajstić information content (AvgIpc) is 2.34.